The van der Waals surface area contributed by atoms with E-state index < -0.39 is 47.0 Å². The van der Waals surface area contributed by atoms with E-state index in [-0.39, 0.29) is 19.5 Å². The number of aliphatic hydroxyl groups is 1. The van der Waals surface area contributed by atoms with Gasteiger partial charge in [0.1, 0.15) is 17.8 Å². The summed E-state index contributed by atoms with van der Waals surface area (Å²) in [6.07, 6.45) is -0.887. The molecule has 3 amide bonds. The normalized spacial score (nSPS) is 19.2. The molecule has 1 aliphatic heterocycles. The van der Waals surface area contributed by atoms with E-state index in [4.69, 9.17) is 0 Å². The summed E-state index contributed by atoms with van der Waals surface area (Å²) in [6, 6.07) is 5.28. The first kappa shape index (κ1) is 27.7. The van der Waals surface area contributed by atoms with E-state index in [0.717, 1.165) is 21.7 Å². The van der Waals surface area contributed by atoms with Gasteiger partial charge in [-0.15, -0.1) is 11.3 Å². The molecule has 0 spiro atoms. The zero-order chi connectivity index (χ0) is 26.8. The lowest BCUT2D eigenvalue weighted by Crippen LogP contribution is -2.60. The Morgan fingerprint density at radius 1 is 1.19 bits per heavy atom. The first-order valence-electron chi connectivity index (χ1n) is 11.9. The number of amides is 3. The summed E-state index contributed by atoms with van der Waals surface area (Å²) < 4.78 is 15.0. The van der Waals surface area contributed by atoms with Crippen LogP contribution in [-0.4, -0.2) is 63.1 Å². The van der Waals surface area contributed by atoms with Crippen LogP contribution in [0.25, 0.3) is 10.4 Å². The molecule has 3 unspecified atom stereocenters. The van der Waals surface area contributed by atoms with Crippen LogP contribution in [0.5, 0.6) is 0 Å². The van der Waals surface area contributed by atoms with Crippen molar-refractivity contribution in [1.82, 2.24) is 20.5 Å². The smallest absolute Gasteiger partial charge is 0.249 e. The van der Waals surface area contributed by atoms with Crippen molar-refractivity contribution in [2.24, 2.45) is 5.41 Å². The number of alkyl halides is 1. The van der Waals surface area contributed by atoms with Crippen LogP contribution in [0.15, 0.2) is 29.8 Å². The van der Waals surface area contributed by atoms with Crippen molar-refractivity contribution >= 4 is 29.1 Å². The first-order valence-corrected chi connectivity index (χ1v) is 12.8. The maximum absolute atomic E-state index is 15.0. The highest BCUT2D eigenvalue weighted by atomic mass is 32.1. The second kappa shape index (κ2) is 10.6. The minimum Gasteiger partial charge on any atom is -0.391 e. The van der Waals surface area contributed by atoms with Gasteiger partial charge in [-0.2, -0.15) is 0 Å². The zero-order valence-corrected chi connectivity index (χ0v) is 22.4. The van der Waals surface area contributed by atoms with Crippen molar-refractivity contribution in [3.63, 3.8) is 0 Å². The monoisotopic (exact) mass is 518 g/mol. The van der Waals surface area contributed by atoms with Crippen LogP contribution >= 0.6 is 11.3 Å². The van der Waals surface area contributed by atoms with E-state index in [1.54, 1.807) is 37.6 Å². The Bertz CT molecular complexity index is 1100. The molecule has 3 rings (SSSR count). The van der Waals surface area contributed by atoms with Gasteiger partial charge in [0.15, 0.2) is 0 Å². The number of carbonyl (C=O) groups is 3. The molecule has 0 bridgehead atoms. The van der Waals surface area contributed by atoms with Gasteiger partial charge in [-0.3, -0.25) is 14.4 Å². The fourth-order valence-corrected chi connectivity index (χ4v) is 4.82. The number of thiazole rings is 1. The predicted molar refractivity (Wildman–Crippen MR) is 137 cm³/mol. The molecule has 2 heterocycles. The molecule has 0 aliphatic carbocycles. The van der Waals surface area contributed by atoms with Gasteiger partial charge in [0.05, 0.1) is 22.2 Å². The minimum absolute atomic E-state index is 0.0355. The van der Waals surface area contributed by atoms with Crippen LogP contribution < -0.4 is 10.6 Å². The number of aliphatic hydroxyl groups excluding tert-OH is 1. The molecule has 0 saturated carbocycles. The van der Waals surface area contributed by atoms with Crippen molar-refractivity contribution in [3.8, 4) is 10.4 Å². The third-order valence-electron chi connectivity index (χ3n) is 6.18. The van der Waals surface area contributed by atoms with Gasteiger partial charge < -0.3 is 20.6 Å². The highest BCUT2D eigenvalue weighted by molar-refractivity contribution is 7.13. The molecule has 0 radical (unpaired) electrons. The quantitative estimate of drug-likeness (QED) is 0.522. The van der Waals surface area contributed by atoms with Crippen molar-refractivity contribution in [2.75, 3.05) is 6.54 Å². The second-order valence-electron chi connectivity index (χ2n) is 10.8. The average Bonchev–Trinajstić information content (AvgIpc) is 3.39. The van der Waals surface area contributed by atoms with Crippen molar-refractivity contribution in [1.29, 1.82) is 0 Å². The van der Waals surface area contributed by atoms with Gasteiger partial charge in [-0.1, -0.05) is 45.0 Å². The summed E-state index contributed by atoms with van der Waals surface area (Å²) in [6.45, 7) is 9.47. The summed E-state index contributed by atoms with van der Waals surface area (Å²) in [7, 11) is 0. The van der Waals surface area contributed by atoms with E-state index in [1.807, 2.05) is 31.2 Å². The molecule has 1 aliphatic rings. The molecule has 1 aromatic heterocycles. The van der Waals surface area contributed by atoms with Crippen LogP contribution in [-0.2, 0) is 20.9 Å². The number of aromatic nitrogens is 1. The highest BCUT2D eigenvalue weighted by Crippen LogP contribution is 2.28. The largest absolute Gasteiger partial charge is 0.391 e. The molecular formula is C26H35FN4O4S. The molecule has 1 fully saturated rings. The Balaban J connectivity index is 1.69. The Morgan fingerprint density at radius 2 is 1.83 bits per heavy atom. The SMILES string of the molecule is Cc1ncsc1-c1ccc(CNC(=O)C2CC(O)CN2C(=O)C(NC(=O)C(C)(C)C)C(C)(C)F)cc1. The summed E-state index contributed by atoms with van der Waals surface area (Å²) >= 11 is 1.56. The van der Waals surface area contributed by atoms with Gasteiger partial charge in [0, 0.05) is 24.9 Å². The number of hydrogen-bond donors (Lipinski definition) is 3. The Kier molecular flexibility index (Phi) is 8.20. The minimum atomic E-state index is -2.08. The van der Waals surface area contributed by atoms with E-state index in [2.05, 4.69) is 15.6 Å². The number of rotatable bonds is 7. The average molecular weight is 519 g/mol. The van der Waals surface area contributed by atoms with Gasteiger partial charge in [-0.05, 0) is 31.9 Å². The zero-order valence-electron chi connectivity index (χ0n) is 21.6. The Hall–Kier alpha value is -2.85. The number of β-amino-alcohol motifs (C(OH)–C–C–N with tert-alkyl or cyclic N) is 1. The standard InChI is InChI=1S/C26H35FN4O4S/c1-15-20(36-14-29-15)17-9-7-16(8-10-17)12-28-22(33)19-11-18(32)13-31(19)23(34)21(26(5,6)27)30-24(35)25(2,3)4/h7-10,14,18-19,21,32H,11-13H2,1-6H3,(H,28,33)(H,30,35). The molecule has 1 saturated heterocycles. The van der Waals surface area contributed by atoms with Crippen LogP contribution in [0.4, 0.5) is 4.39 Å². The predicted octanol–water partition coefficient (Wildman–Crippen LogP) is 2.98. The van der Waals surface area contributed by atoms with E-state index >= 15 is 4.39 Å². The number of carbonyl (C=O) groups excluding carboxylic acids is 3. The molecule has 3 N–H and O–H groups in total. The summed E-state index contributed by atoms with van der Waals surface area (Å²) in [5.74, 6) is -1.66. The van der Waals surface area contributed by atoms with E-state index in [9.17, 15) is 19.5 Å². The number of nitrogens with zero attached hydrogens (tertiary/aromatic N) is 2. The fraction of sp³-hybridized carbons (Fsp3) is 0.538. The van der Waals surface area contributed by atoms with Crippen LogP contribution in [0.3, 0.4) is 0 Å². The van der Waals surface area contributed by atoms with Crippen LogP contribution in [0.1, 0.15) is 52.3 Å². The number of nitrogens with one attached hydrogen (secondary N) is 2. The van der Waals surface area contributed by atoms with Crippen LogP contribution in [0.2, 0.25) is 0 Å². The lowest BCUT2D eigenvalue weighted by atomic mass is 9.92. The third-order valence-corrected chi connectivity index (χ3v) is 7.16. The highest BCUT2D eigenvalue weighted by Gasteiger charge is 2.46. The second-order valence-corrected chi connectivity index (χ2v) is 11.7. The summed E-state index contributed by atoms with van der Waals surface area (Å²) in [4.78, 5) is 45.4. The number of halogens is 1. The van der Waals surface area contributed by atoms with E-state index in [0.29, 0.717) is 0 Å². The van der Waals surface area contributed by atoms with Gasteiger partial charge in [0.25, 0.3) is 0 Å². The van der Waals surface area contributed by atoms with Gasteiger partial charge in [-0.25, -0.2) is 9.37 Å². The lowest BCUT2D eigenvalue weighted by Gasteiger charge is -2.34. The van der Waals surface area contributed by atoms with Crippen LogP contribution in [0, 0.1) is 12.3 Å². The van der Waals surface area contributed by atoms with Crippen molar-refractivity contribution in [3.05, 3.63) is 41.0 Å². The van der Waals surface area contributed by atoms with Crippen molar-refractivity contribution in [2.45, 2.75) is 78.4 Å². The lowest BCUT2D eigenvalue weighted by molar-refractivity contribution is -0.146. The third kappa shape index (κ3) is 6.47. The Morgan fingerprint density at radius 3 is 2.36 bits per heavy atom. The molecular weight excluding hydrogens is 483 g/mol. The molecule has 8 nitrogen and oxygen atoms in total. The number of likely N-dealkylation sites (tertiary alicyclic amines) is 1. The number of hydrogen-bond acceptors (Lipinski definition) is 6. The molecule has 3 atom stereocenters. The van der Waals surface area contributed by atoms with E-state index in [1.165, 1.54) is 18.7 Å². The molecule has 1 aromatic carbocycles. The van der Waals surface area contributed by atoms with Gasteiger partial charge >= 0.3 is 0 Å². The summed E-state index contributed by atoms with van der Waals surface area (Å²) in [5, 5.41) is 15.6. The van der Waals surface area contributed by atoms with Gasteiger partial charge in [0.2, 0.25) is 17.7 Å². The maximum Gasteiger partial charge on any atom is 0.249 e. The molecule has 196 valence electrons. The number of aryl methyl sites for hydroxylation is 1. The molecule has 10 heteroatoms. The Labute approximate surface area is 215 Å². The molecule has 36 heavy (non-hydrogen) atoms. The number of benzene rings is 1. The van der Waals surface area contributed by atoms with Crippen molar-refractivity contribution < 1.29 is 23.9 Å². The summed E-state index contributed by atoms with van der Waals surface area (Å²) in [5.41, 5.74) is 1.75. The maximum atomic E-state index is 15.0. The molecule has 2 aromatic rings. The topological polar surface area (TPSA) is 112 Å². The fourth-order valence-electron chi connectivity index (χ4n) is 4.01. The first-order chi connectivity index (χ1) is 16.7.